The Labute approximate surface area is 80.3 Å². The maximum Gasteiger partial charge on any atom is 0.0623 e. The molecule has 1 rings (SSSR count). The summed E-state index contributed by atoms with van der Waals surface area (Å²) >= 11 is 0. The molecule has 0 saturated carbocycles. The minimum Gasteiger partial charge on any atom is -0.396 e. The molecule has 0 bridgehead atoms. The van der Waals surface area contributed by atoms with Crippen molar-refractivity contribution < 1.29 is 9.84 Å². The van der Waals surface area contributed by atoms with E-state index in [2.05, 4.69) is 6.92 Å². The topological polar surface area (TPSA) is 55.5 Å². The number of rotatable bonds is 4. The van der Waals surface area contributed by atoms with Gasteiger partial charge in [0.1, 0.15) is 0 Å². The normalized spacial score (nSPS) is 33.2. The second kappa shape index (κ2) is 4.94. The fourth-order valence-electron chi connectivity index (χ4n) is 2.08. The van der Waals surface area contributed by atoms with E-state index in [1.165, 1.54) is 0 Å². The molecule has 13 heavy (non-hydrogen) atoms. The third-order valence-electron chi connectivity index (χ3n) is 2.88. The zero-order chi connectivity index (χ0) is 9.84. The Morgan fingerprint density at radius 2 is 2.23 bits per heavy atom. The molecule has 0 aromatic carbocycles. The third kappa shape index (κ3) is 2.93. The zero-order valence-electron chi connectivity index (χ0n) is 8.57. The van der Waals surface area contributed by atoms with Gasteiger partial charge in [0.2, 0.25) is 0 Å². The molecular formula is C10H21NO2. The third-order valence-corrected chi connectivity index (χ3v) is 2.88. The van der Waals surface area contributed by atoms with Crippen LogP contribution in [0.1, 0.15) is 33.1 Å². The van der Waals surface area contributed by atoms with E-state index in [0.717, 1.165) is 19.3 Å². The van der Waals surface area contributed by atoms with Gasteiger partial charge >= 0.3 is 0 Å². The van der Waals surface area contributed by atoms with E-state index in [-0.39, 0.29) is 18.8 Å². The minimum atomic E-state index is 0.113. The molecule has 3 N–H and O–H groups in total. The summed E-state index contributed by atoms with van der Waals surface area (Å²) in [6, 6.07) is 0.113. The molecule has 0 aromatic rings. The maximum atomic E-state index is 8.90. The predicted octanol–water partition coefficient (Wildman–Crippen LogP) is 0.900. The molecule has 78 valence electrons. The molecule has 0 aliphatic carbocycles. The van der Waals surface area contributed by atoms with Gasteiger partial charge in [-0.2, -0.15) is 0 Å². The van der Waals surface area contributed by atoms with Crippen molar-refractivity contribution in [3.63, 3.8) is 0 Å². The zero-order valence-corrected chi connectivity index (χ0v) is 8.57. The van der Waals surface area contributed by atoms with E-state index >= 15 is 0 Å². The highest BCUT2D eigenvalue weighted by atomic mass is 16.5. The Balaban J connectivity index is 2.44. The van der Waals surface area contributed by atoms with Gasteiger partial charge in [0.05, 0.1) is 12.2 Å². The second-order valence-electron chi connectivity index (χ2n) is 4.10. The molecular weight excluding hydrogens is 166 g/mol. The molecule has 0 amide bonds. The number of aliphatic hydroxyl groups is 1. The van der Waals surface area contributed by atoms with Gasteiger partial charge in [-0.05, 0) is 33.1 Å². The van der Waals surface area contributed by atoms with Crippen LogP contribution in [-0.2, 0) is 4.74 Å². The number of nitrogens with two attached hydrogens (primary N) is 1. The van der Waals surface area contributed by atoms with Gasteiger partial charge < -0.3 is 15.6 Å². The van der Waals surface area contributed by atoms with Gasteiger partial charge in [-0.25, -0.2) is 0 Å². The molecule has 1 aliphatic rings. The van der Waals surface area contributed by atoms with Crippen molar-refractivity contribution in [1.29, 1.82) is 0 Å². The molecule has 1 aliphatic heterocycles. The smallest absolute Gasteiger partial charge is 0.0623 e. The first-order valence-electron chi connectivity index (χ1n) is 5.17. The summed E-state index contributed by atoms with van der Waals surface area (Å²) in [6.45, 7) is 4.30. The van der Waals surface area contributed by atoms with E-state index in [1.54, 1.807) is 0 Å². The van der Waals surface area contributed by atoms with Crippen molar-refractivity contribution in [2.75, 3.05) is 6.61 Å². The van der Waals surface area contributed by atoms with Crippen molar-refractivity contribution in [2.45, 2.75) is 51.4 Å². The lowest BCUT2D eigenvalue weighted by molar-refractivity contribution is 0.00591. The van der Waals surface area contributed by atoms with Crippen LogP contribution in [0, 0.1) is 5.92 Å². The van der Waals surface area contributed by atoms with Crippen LogP contribution >= 0.6 is 0 Å². The average Bonchev–Trinajstić information content (AvgIpc) is 2.46. The highest BCUT2D eigenvalue weighted by Crippen LogP contribution is 2.28. The molecule has 4 unspecified atom stereocenters. The van der Waals surface area contributed by atoms with E-state index in [4.69, 9.17) is 15.6 Å². The van der Waals surface area contributed by atoms with E-state index in [0.29, 0.717) is 12.0 Å². The van der Waals surface area contributed by atoms with Crippen LogP contribution in [0.15, 0.2) is 0 Å². The molecule has 1 fully saturated rings. The lowest BCUT2D eigenvalue weighted by Gasteiger charge is -2.26. The Kier molecular flexibility index (Phi) is 4.16. The quantitative estimate of drug-likeness (QED) is 0.687. The monoisotopic (exact) mass is 187 g/mol. The Hall–Kier alpha value is -0.120. The Bertz CT molecular complexity index is 150. The summed E-state index contributed by atoms with van der Waals surface area (Å²) < 4.78 is 5.75. The standard InChI is InChI=1S/C10H21NO2/c1-7-3-4-10(13-7)9(5-6-12)8(2)11/h7-10,12H,3-6,11H2,1-2H3. The van der Waals surface area contributed by atoms with Crippen LogP contribution in [0.5, 0.6) is 0 Å². The first kappa shape index (κ1) is 11.0. The van der Waals surface area contributed by atoms with E-state index in [9.17, 15) is 0 Å². The van der Waals surface area contributed by atoms with Gasteiger partial charge in [0.25, 0.3) is 0 Å². The van der Waals surface area contributed by atoms with Crippen molar-refractivity contribution in [3.8, 4) is 0 Å². The van der Waals surface area contributed by atoms with E-state index in [1.807, 2.05) is 6.92 Å². The van der Waals surface area contributed by atoms with Crippen LogP contribution in [0.3, 0.4) is 0 Å². The first-order valence-corrected chi connectivity index (χ1v) is 5.17. The number of hydrogen-bond acceptors (Lipinski definition) is 3. The number of aliphatic hydroxyl groups excluding tert-OH is 1. The van der Waals surface area contributed by atoms with Crippen molar-refractivity contribution in [2.24, 2.45) is 11.7 Å². The molecule has 3 nitrogen and oxygen atoms in total. The Morgan fingerprint density at radius 3 is 2.62 bits per heavy atom. The Morgan fingerprint density at radius 1 is 1.54 bits per heavy atom. The summed E-state index contributed by atoms with van der Waals surface area (Å²) in [5.41, 5.74) is 5.86. The van der Waals surface area contributed by atoms with Crippen LogP contribution < -0.4 is 5.73 Å². The SMILES string of the molecule is CC1CCC(C(CCO)C(C)N)O1. The van der Waals surface area contributed by atoms with Gasteiger partial charge in [0.15, 0.2) is 0 Å². The highest BCUT2D eigenvalue weighted by molar-refractivity contribution is 4.82. The second-order valence-corrected chi connectivity index (χ2v) is 4.10. The maximum absolute atomic E-state index is 8.90. The number of ether oxygens (including phenoxy) is 1. The van der Waals surface area contributed by atoms with Gasteiger partial charge in [-0.15, -0.1) is 0 Å². The average molecular weight is 187 g/mol. The molecule has 0 spiro atoms. The van der Waals surface area contributed by atoms with Crippen molar-refractivity contribution >= 4 is 0 Å². The molecule has 0 radical (unpaired) electrons. The van der Waals surface area contributed by atoms with Crippen LogP contribution in [0.4, 0.5) is 0 Å². The van der Waals surface area contributed by atoms with Crippen LogP contribution in [0.25, 0.3) is 0 Å². The van der Waals surface area contributed by atoms with Crippen molar-refractivity contribution in [1.82, 2.24) is 0 Å². The van der Waals surface area contributed by atoms with E-state index < -0.39 is 0 Å². The van der Waals surface area contributed by atoms with Gasteiger partial charge in [-0.3, -0.25) is 0 Å². The number of hydrogen-bond donors (Lipinski definition) is 2. The summed E-state index contributed by atoms with van der Waals surface area (Å²) in [5.74, 6) is 0.315. The highest BCUT2D eigenvalue weighted by Gasteiger charge is 2.31. The minimum absolute atomic E-state index is 0.113. The fraction of sp³-hybridized carbons (Fsp3) is 1.00. The summed E-state index contributed by atoms with van der Waals surface area (Å²) in [4.78, 5) is 0. The molecule has 3 heteroatoms. The fourth-order valence-corrected chi connectivity index (χ4v) is 2.08. The predicted molar refractivity (Wildman–Crippen MR) is 52.4 cm³/mol. The molecule has 4 atom stereocenters. The first-order chi connectivity index (χ1) is 6.15. The van der Waals surface area contributed by atoms with Crippen LogP contribution in [0.2, 0.25) is 0 Å². The van der Waals surface area contributed by atoms with Gasteiger partial charge in [0, 0.05) is 18.6 Å². The summed E-state index contributed by atoms with van der Waals surface area (Å²) in [7, 11) is 0. The lowest BCUT2D eigenvalue weighted by Crippen LogP contribution is -2.36. The summed E-state index contributed by atoms with van der Waals surface area (Å²) in [6.07, 6.45) is 3.61. The lowest BCUT2D eigenvalue weighted by atomic mass is 9.90. The molecule has 0 aromatic heterocycles. The van der Waals surface area contributed by atoms with Gasteiger partial charge in [-0.1, -0.05) is 0 Å². The van der Waals surface area contributed by atoms with Crippen molar-refractivity contribution in [3.05, 3.63) is 0 Å². The molecule has 1 saturated heterocycles. The molecule has 1 heterocycles. The van der Waals surface area contributed by atoms with Crippen LogP contribution in [-0.4, -0.2) is 30.0 Å². The largest absolute Gasteiger partial charge is 0.396 e. The summed E-state index contributed by atoms with van der Waals surface area (Å²) in [5, 5.41) is 8.90.